The fraction of sp³-hybridized carbons (Fsp3) is 0.303. The highest BCUT2D eigenvalue weighted by Crippen LogP contribution is 2.39. The second-order valence-electron chi connectivity index (χ2n) is 10.9. The summed E-state index contributed by atoms with van der Waals surface area (Å²) in [7, 11) is 3.77. The van der Waals surface area contributed by atoms with Crippen molar-refractivity contribution in [2.45, 2.75) is 32.0 Å². The minimum absolute atomic E-state index is 0. The molecule has 3 heterocycles. The predicted octanol–water partition coefficient (Wildman–Crippen LogP) is 3.68. The number of imidazole rings is 1. The molecule has 3 aromatic rings. The van der Waals surface area contributed by atoms with Crippen LogP contribution in [0.3, 0.4) is 0 Å². The van der Waals surface area contributed by atoms with E-state index in [1.54, 1.807) is 0 Å². The summed E-state index contributed by atoms with van der Waals surface area (Å²) in [5, 5.41) is 4.32. The maximum Gasteiger partial charge on any atom is 0.417 e. The van der Waals surface area contributed by atoms with E-state index in [1.807, 2.05) is 25.9 Å². The minimum Gasteiger partial charge on any atom is -1.00 e. The van der Waals surface area contributed by atoms with Gasteiger partial charge in [-0.3, -0.25) is 9.67 Å². The van der Waals surface area contributed by atoms with Crippen LogP contribution in [0.15, 0.2) is 67.1 Å². The zero-order valence-corrected chi connectivity index (χ0v) is 26.9. The van der Waals surface area contributed by atoms with Gasteiger partial charge >= 0.3 is 12.1 Å². The summed E-state index contributed by atoms with van der Waals surface area (Å²) in [4.78, 5) is 28.3. The summed E-state index contributed by atoms with van der Waals surface area (Å²) < 4.78 is 82.6. The van der Waals surface area contributed by atoms with Gasteiger partial charge in [0, 0.05) is 23.9 Å². The molecule has 2 aromatic carbocycles. The van der Waals surface area contributed by atoms with Crippen LogP contribution in [-0.2, 0) is 15.7 Å². The first kappa shape index (κ1) is 36.2. The Morgan fingerprint density at radius 1 is 0.958 bits per heavy atom. The molecule has 0 bridgehead atoms. The molecule has 1 aromatic heterocycles. The second kappa shape index (κ2) is 15.5. The van der Waals surface area contributed by atoms with Crippen molar-refractivity contribution < 1.29 is 48.6 Å². The van der Waals surface area contributed by atoms with Crippen LogP contribution in [0.1, 0.15) is 36.9 Å². The number of pyridine rings is 1. The molecule has 1 unspecified atom stereocenters. The molecule has 5 rings (SSSR count). The number of benzene rings is 2. The number of nitrogens with zero attached hydrogens (tertiary/aromatic N) is 6. The molecule has 9 nitrogen and oxygen atoms in total. The van der Waals surface area contributed by atoms with Crippen molar-refractivity contribution in [3.63, 3.8) is 0 Å². The lowest BCUT2D eigenvalue weighted by atomic mass is 10.0. The van der Waals surface area contributed by atoms with Crippen LogP contribution in [0, 0.1) is 11.6 Å². The van der Waals surface area contributed by atoms with Gasteiger partial charge in [0.1, 0.15) is 17.1 Å². The average molecular weight is 690 g/mol. The van der Waals surface area contributed by atoms with Gasteiger partial charge in [-0.25, -0.2) is 23.5 Å². The molecule has 0 saturated carbocycles. The van der Waals surface area contributed by atoms with Crippen LogP contribution in [0.5, 0.6) is 5.75 Å². The highest BCUT2D eigenvalue weighted by Gasteiger charge is 2.35. The van der Waals surface area contributed by atoms with Crippen LogP contribution in [0.4, 0.5) is 22.0 Å². The Morgan fingerprint density at radius 3 is 2.42 bits per heavy atom. The van der Waals surface area contributed by atoms with Crippen LogP contribution >= 0.6 is 0 Å². The molecule has 0 aliphatic carbocycles. The third kappa shape index (κ3) is 8.23. The average Bonchev–Trinajstić information content (AvgIpc) is 3.47. The number of esters is 1. The molecule has 15 heteroatoms. The summed E-state index contributed by atoms with van der Waals surface area (Å²) in [6.07, 6.45) is 0.509. The molecule has 0 amide bonds. The highest BCUT2D eigenvalue weighted by atomic mass is 35.5. The molecule has 2 aliphatic heterocycles. The van der Waals surface area contributed by atoms with E-state index in [-0.39, 0.29) is 71.0 Å². The van der Waals surface area contributed by atoms with Crippen LogP contribution in [0.25, 0.3) is 34.0 Å². The third-order valence-corrected chi connectivity index (χ3v) is 7.10. The number of halogens is 6. The van der Waals surface area contributed by atoms with Gasteiger partial charge in [0.15, 0.2) is 23.5 Å². The summed E-state index contributed by atoms with van der Waals surface area (Å²) >= 11 is 0. The van der Waals surface area contributed by atoms with Crippen LogP contribution < -0.4 is 17.1 Å². The van der Waals surface area contributed by atoms with E-state index in [0.29, 0.717) is 19.4 Å². The fourth-order valence-electron chi connectivity index (χ4n) is 4.82. The van der Waals surface area contributed by atoms with Crippen molar-refractivity contribution in [2.75, 3.05) is 33.9 Å². The lowest BCUT2D eigenvalue weighted by molar-refractivity contribution is -0.146. The lowest BCUT2D eigenvalue weighted by Gasteiger charge is -2.20. The largest absolute Gasteiger partial charge is 1.00 e. The smallest absolute Gasteiger partial charge is 0.417 e. The zero-order chi connectivity index (χ0) is 33.7. The normalized spacial score (nSPS) is 12.2. The van der Waals surface area contributed by atoms with Crippen LogP contribution in [-0.4, -0.2) is 69.5 Å². The van der Waals surface area contributed by atoms with Crippen molar-refractivity contribution >= 4 is 5.97 Å². The standard InChI is InChI=1S/C33H31F5N6O3.ClH/c1-4-14-46-21-10-11-22(24(16-21)33(36,37)38)26-12-9-20(17-39-26)30(32(45)47-15-6-13-43(2)3)44-19-28-27(18-40-44)41-31(42-28)23-7-5-8-25(34)29(23)35;/h5,7-12,16-19,30H,4,6,13-15H2,1-3H3;1H/p-1. The number of fused-ring (bicyclic) bond motifs is 1. The number of rotatable bonds is 12. The number of hydrogen-bond donors (Lipinski definition) is 0. The van der Waals surface area contributed by atoms with Gasteiger partial charge in [-0.1, -0.05) is 19.1 Å². The van der Waals surface area contributed by atoms with E-state index >= 15 is 0 Å². The van der Waals surface area contributed by atoms with Crippen molar-refractivity contribution in [2.24, 2.45) is 0 Å². The molecular formula is C33H31ClF5N6O3-. The van der Waals surface area contributed by atoms with E-state index in [9.17, 15) is 26.7 Å². The first-order valence-electron chi connectivity index (χ1n) is 14.7. The molecule has 48 heavy (non-hydrogen) atoms. The molecule has 254 valence electrons. The van der Waals surface area contributed by atoms with E-state index in [0.717, 1.165) is 12.1 Å². The van der Waals surface area contributed by atoms with Gasteiger partial charge in [0.2, 0.25) is 0 Å². The molecule has 0 saturated heterocycles. The van der Waals surface area contributed by atoms with Crippen molar-refractivity contribution in [1.29, 1.82) is 0 Å². The summed E-state index contributed by atoms with van der Waals surface area (Å²) in [6.45, 7) is 2.88. The van der Waals surface area contributed by atoms with E-state index in [1.165, 1.54) is 59.7 Å². The molecule has 0 spiro atoms. The van der Waals surface area contributed by atoms with Crippen LogP contribution in [0.2, 0.25) is 0 Å². The second-order valence-corrected chi connectivity index (χ2v) is 10.9. The highest BCUT2D eigenvalue weighted by molar-refractivity contribution is 5.78. The van der Waals surface area contributed by atoms with Crippen molar-refractivity contribution in [3.05, 3.63) is 89.9 Å². The molecule has 1 atom stereocenters. The number of carbonyl (C=O) groups is 1. The quantitative estimate of drug-likeness (QED) is 0.111. The monoisotopic (exact) mass is 689 g/mol. The Hall–Kier alpha value is -4.69. The van der Waals surface area contributed by atoms with Crippen molar-refractivity contribution in [1.82, 2.24) is 29.6 Å². The number of ether oxygens (including phenoxy) is 2. The Labute approximate surface area is 279 Å². The maximum absolute atomic E-state index is 14.4. The van der Waals surface area contributed by atoms with Gasteiger partial charge in [-0.2, -0.15) is 18.3 Å². The minimum atomic E-state index is -4.68. The van der Waals surface area contributed by atoms with Gasteiger partial charge < -0.3 is 26.8 Å². The maximum atomic E-state index is 14.4. The fourth-order valence-corrected chi connectivity index (χ4v) is 4.82. The van der Waals surface area contributed by atoms with Gasteiger partial charge in [0.05, 0.1) is 42.4 Å². The van der Waals surface area contributed by atoms with E-state index in [2.05, 4.69) is 20.1 Å². The third-order valence-electron chi connectivity index (χ3n) is 7.10. The zero-order valence-electron chi connectivity index (χ0n) is 26.1. The lowest BCUT2D eigenvalue weighted by Crippen LogP contribution is -3.00. The number of alkyl halides is 3. The van der Waals surface area contributed by atoms with Crippen molar-refractivity contribution in [3.8, 4) is 39.8 Å². The van der Waals surface area contributed by atoms with Gasteiger partial charge in [-0.15, -0.1) is 0 Å². The Balaban J connectivity index is 0.00000520. The molecule has 2 aliphatic rings. The van der Waals surface area contributed by atoms with E-state index < -0.39 is 35.4 Å². The first-order chi connectivity index (χ1) is 22.5. The topological polar surface area (TPSA) is 95.3 Å². The Kier molecular flexibility index (Phi) is 11.7. The number of carbonyl (C=O) groups excluding carboxylic acids is 1. The van der Waals surface area contributed by atoms with Gasteiger partial charge in [-0.05, 0) is 63.3 Å². The molecule has 0 fully saturated rings. The summed E-state index contributed by atoms with van der Waals surface area (Å²) in [5.41, 5.74) is -0.426. The predicted molar refractivity (Wildman–Crippen MR) is 163 cm³/mol. The summed E-state index contributed by atoms with van der Waals surface area (Å²) in [6, 6.07) is 8.97. The molecular weight excluding hydrogens is 659 g/mol. The first-order valence-corrected chi connectivity index (χ1v) is 14.7. The molecule has 0 N–H and O–H groups in total. The Morgan fingerprint density at radius 2 is 1.73 bits per heavy atom. The number of aromatic nitrogens is 5. The summed E-state index contributed by atoms with van der Waals surface area (Å²) in [5.74, 6) is -2.84. The van der Waals surface area contributed by atoms with Gasteiger partial charge in [0.25, 0.3) is 0 Å². The number of hydrogen-bond acceptors (Lipinski definition) is 8. The SMILES string of the molecule is CCCOc1ccc(-c2ccc(C(C(=O)OCCCN(C)C)n3cc4nc(-c5cccc(F)c5F)nc-4cn3)cn2)c(C(F)(F)F)c1.[Cl-]. The Bertz CT molecular complexity index is 1820. The van der Waals surface area contributed by atoms with E-state index in [4.69, 9.17) is 9.47 Å². The molecule has 0 radical (unpaired) electrons.